The average molecular weight is 257 g/mol. The number of nitrogens with two attached hydrogens (primary N) is 1. The molecule has 7 heteroatoms. The molecule has 18 heavy (non-hydrogen) atoms. The monoisotopic (exact) mass is 257 g/mol. The maximum atomic E-state index is 5.41. The van der Waals surface area contributed by atoms with E-state index in [1.54, 1.807) is 19.4 Å². The van der Waals surface area contributed by atoms with E-state index in [-0.39, 0.29) is 5.95 Å². The van der Waals surface area contributed by atoms with E-state index in [2.05, 4.69) is 9.97 Å². The molecule has 0 spiro atoms. The molecule has 1 heterocycles. The number of hydrogen-bond acceptors (Lipinski definition) is 7. The standard InChI is InChI=1S/C11H19N3O4/c1-15-4-5-16-6-7-17-8-9-18-10-2-3-13-11(12)14-10/h2-3H,4-9H2,1H3,(H2,12,13,14). The lowest BCUT2D eigenvalue weighted by molar-refractivity contribution is 0.0176. The second kappa shape index (κ2) is 9.58. The normalized spacial score (nSPS) is 10.5. The largest absolute Gasteiger partial charge is 0.475 e. The van der Waals surface area contributed by atoms with Gasteiger partial charge in [0.2, 0.25) is 11.8 Å². The summed E-state index contributed by atoms with van der Waals surface area (Å²) in [6, 6.07) is 1.64. The van der Waals surface area contributed by atoms with Gasteiger partial charge in [0.1, 0.15) is 6.61 Å². The van der Waals surface area contributed by atoms with E-state index in [1.807, 2.05) is 0 Å². The van der Waals surface area contributed by atoms with Crippen molar-refractivity contribution in [2.45, 2.75) is 0 Å². The molecule has 0 amide bonds. The van der Waals surface area contributed by atoms with E-state index in [4.69, 9.17) is 24.7 Å². The Morgan fingerprint density at radius 3 is 2.39 bits per heavy atom. The third-order valence-corrected chi connectivity index (χ3v) is 1.93. The first kappa shape index (κ1) is 14.6. The number of hydrogen-bond donors (Lipinski definition) is 1. The zero-order valence-electron chi connectivity index (χ0n) is 10.5. The highest BCUT2D eigenvalue weighted by molar-refractivity contribution is 5.20. The van der Waals surface area contributed by atoms with Gasteiger partial charge < -0.3 is 24.7 Å². The van der Waals surface area contributed by atoms with Crippen molar-refractivity contribution in [3.63, 3.8) is 0 Å². The predicted molar refractivity (Wildman–Crippen MR) is 65.5 cm³/mol. The van der Waals surface area contributed by atoms with Crippen molar-refractivity contribution in [2.75, 3.05) is 52.5 Å². The van der Waals surface area contributed by atoms with Crippen LogP contribution in [-0.2, 0) is 14.2 Å². The number of ether oxygens (including phenoxy) is 4. The second-order valence-electron chi connectivity index (χ2n) is 3.32. The maximum absolute atomic E-state index is 5.41. The van der Waals surface area contributed by atoms with Crippen LogP contribution in [0.4, 0.5) is 5.95 Å². The minimum Gasteiger partial charge on any atom is -0.475 e. The number of aromatic nitrogens is 2. The van der Waals surface area contributed by atoms with Crippen molar-refractivity contribution in [2.24, 2.45) is 0 Å². The van der Waals surface area contributed by atoms with Gasteiger partial charge in [0.15, 0.2) is 0 Å². The summed E-state index contributed by atoms with van der Waals surface area (Å²) in [6.45, 7) is 3.13. The number of anilines is 1. The number of rotatable bonds is 10. The molecule has 1 aromatic heterocycles. The van der Waals surface area contributed by atoms with Crippen LogP contribution >= 0.6 is 0 Å². The van der Waals surface area contributed by atoms with Gasteiger partial charge in [0.25, 0.3) is 0 Å². The van der Waals surface area contributed by atoms with Gasteiger partial charge in [-0.3, -0.25) is 0 Å². The smallest absolute Gasteiger partial charge is 0.223 e. The first-order valence-electron chi connectivity index (χ1n) is 5.68. The van der Waals surface area contributed by atoms with Gasteiger partial charge in [0, 0.05) is 19.4 Å². The number of nitrogen functional groups attached to an aromatic ring is 1. The van der Waals surface area contributed by atoms with Gasteiger partial charge >= 0.3 is 0 Å². The molecular weight excluding hydrogens is 238 g/mol. The maximum Gasteiger partial charge on any atom is 0.223 e. The van der Waals surface area contributed by atoms with Crippen LogP contribution in [0.3, 0.4) is 0 Å². The van der Waals surface area contributed by atoms with Crippen LogP contribution in [0, 0.1) is 0 Å². The highest BCUT2D eigenvalue weighted by Gasteiger charge is 1.96. The van der Waals surface area contributed by atoms with Crippen molar-refractivity contribution in [3.05, 3.63) is 12.3 Å². The van der Waals surface area contributed by atoms with Crippen molar-refractivity contribution in [1.82, 2.24) is 9.97 Å². The number of nitrogens with zero attached hydrogens (tertiary/aromatic N) is 2. The van der Waals surface area contributed by atoms with Crippen LogP contribution in [0.5, 0.6) is 5.88 Å². The fraction of sp³-hybridized carbons (Fsp3) is 0.636. The Bertz CT molecular complexity index is 325. The minimum absolute atomic E-state index is 0.194. The van der Waals surface area contributed by atoms with Crippen molar-refractivity contribution >= 4 is 5.95 Å². The van der Waals surface area contributed by atoms with E-state index in [9.17, 15) is 0 Å². The summed E-state index contributed by atoms with van der Waals surface area (Å²) in [6.07, 6.45) is 1.54. The third-order valence-electron chi connectivity index (χ3n) is 1.93. The molecule has 0 aliphatic rings. The molecule has 0 aromatic carbocycles. The number of methoxy groups -OCH3 is 1. The lowest BCUT2D eigenvalue weighted by atomic mass is 10.6. The van der Waals surface area contributed by atoms with Crippen molar-refractivity contribution < 1.29 is 18.9 Å². The van der Waals surface area contributed by atoms with Crippen LogP contribution in [0.15, 0.2) is 12.3 Å². The fourth-order valence-electron chi connectivity index (χ4n) is 1.11. The van der Waals surface area contributed by atoms with Crippen molar-refractivity contribution in [3.8, 4) is 5.88 Å². The van der Waals surface area contributed by atoms with E-state index >= 15 is 0 Å². The molecule has 0 atom stereocenters. The SMILES string of the molecule is COCCOCCOCCOc1ccnc(N)n1. The van der Waals surface area contributed by atoms with E-state index < -0.39 is 0 Å². The lowest BCUT2D eigenvalue weighted by Crippen LogP contribution is -2.12. The molecule has 0 unspecified atom stereocenters. The van der Waals surface area contributed by atoms with Gasteiger partial charge in [-0.15, -0.1) is 0 Å². The molecule has 2 N–H and O–H groups in total. The van der Waals surface area contributed by atoms with Gasteiger partial charge in [-0.05, 0) is 0 Å². The molecule has 0 fully saturated rings. The molecule has 0 saturated carbocycles. The molecule has 7 nitrogen and oxygen atoms in total. The van der Waals surface area contributed by atoms with Crippen molar-refractivity contribution in [1.29, 1.82) is 0 Å². The summed E-state index contributed by atoms with van der Waals surface area (Å²) in [7, 11) is 1.64. The van der Waals surface area contributed by atoms with Gasteiger partial charge in [0.05, 0.1) is 33.0 Å². The Morgan fingerprint density at radius 2 is 1.72 bits per heavy atom. The van der Waals surface area contributed by atoms with Crippen LogP contribution in [0.2, 0.25) is 0 Å². The fourth-order valence-corrected chi connectivity index (χ4v) is 1.11. The summed E-state index contributed by atoms with van der Waals surface area (Å²) in [5.74, 6) is 0.641. The van der Waals surface area contributed by atoms with Crippen LogP contribution in [0.1, 0.15) is 0 Å². The second-order valence-corrected chi connectivity index (χ2v) is 3.32. The van der Waals surface area contributed by atoms with Gasteiger partial charge in [-0.25, -0.2) is 4.98 Å². The first-order chi connectivity index (χ1) is 8.83. The lowest BCUT2D eigenvalue weighted by Gasteiger charge is -2.07. The molecular formula is C11H19N3O4. The summed E-state index contributed by atoms with van der Waals surface area (Å²) in [5, 5.41) is 0. The molecule has 102 valence electrons. The topological polar surface area (TPSA) is 88.7 Å². The quantitative estimate of drug-likeness (QED) is 0.595. The minimum atomic E-state index is 0.194. The molecule has 0 aliphatic carbocycles. The zero-order chi connectivity index (χ0) is 13.1. The highest BCUT2D eigenvalue weighted by atomic mass is 16.6. The van der Waals surface area contributed by atoms with E-state index in [0.29, 0.717) is 45.5 Å². The Morgan fingerprint density at radius 1 is 1.06 bits per heavy atom. The molecule has 0 saturated heterocycles. The van der Waals surface area contributed by atoms with E-state index in [0.717, 1.165) is 0 Å². The zero-order valence-corrected chi connectivity index (χ0v) is 10.5. The van der Waals surface area contributed by atoms with Gasteiger partial charge in [-0.2, -0.15) is 4.98 Å². The van der Waals surface area contributed by atoms with E-state index in [1.165, 1.54) is 0 Å². The van der Waals surface area contributed by atoms with Crippen LogP contribution in [0.25, 0.3) is 0 Å². The first-order valence-corrected chi connectivity index (χ1v) is 5.68. The molecule has 0 bridgehead atoms. The summed E-state index contributed by atoms with van der Waals surface area (Å²) in [5.41, 5.74) is 5.41. The molecule has 1 rings (SSSR count). The summed E-state index contributed by atoms with van der Waals surface area (Å²) in [4.78, 5) is 7.65. The Hall–Kier alpha value is -1.44. The molecule has 0 aliphatic heterocycles. The summed E-state index contributed by atoms with van der Waals surface area (Å²) >= 11 is 0. The molecule has 0 radical (unpaired) electrons. The third kappa shape index (κ3) is 7.00. The predicted octanol–water partition coefficient (Wildman–Crippen LogP) is 0.117. The molecule has 1 aromatic rings. The van der Waals surface area contributed by atoms with Crippen LogP contribution < -0.4 is 10.5 Å². The van der Waals surface area contributed by atoms with Crippen LogP contribution in [-0.4, -0.2) is 56.7 Å². The highest BCUT2D eigenvalue weighted by Crippen LogP contribution is 2.04. The Kier molecular flexibility index (Phi) is 7.78. The Balaban J connectivity index is 1.92. The summed E-state index contributed by atoms with van der Waals surface area (Å²) < 4.78 is 20.7. The Labute approximate surface area is 106 Å². The average Bonchev–Trinajstić information content (AvgIpc) is 2.37. The van der Waals surface area contributed by atoms with Gasteiger partial charge in [-0.1, -0.05) is 0 Å².